The van der Waals surface area contributed by atoms with Crippen LogP contribution in [0.1, 0.15) is 48.2 Å². The van der Waals surface area contributed by atoms with E-state index >= 15 is 0 Å². The first kappa shape index (κ1) is 15.2. The van der Waals surface area contributed by atoms with Gasteiger partial charge in [0.25, 0.3) is 5.91 Å². The molecule has 0 bridgehead atoms. The van der Waals surface area contributed by atoms with E-state index in [0.717, 1.165) is 19.3 Å². The molecule has 1 aliphatic carbocycles. The maximum atomic E-state index is 13.9. The van der Waals surface area contributed by atoms with Crippen LogP contribution < -0.4 is 5.32 Å². The van der Waals surface area contributed by atoms with Gasteiger partial charge in [-0.05, 0) is 42.9 Å². The molecule has 6 heteroatoms. The van der Waals surface area contributed by atoms with Gasteiger partial charge in [0.1, 0.15) is 5.69 Å². The number of nitrogens with one attached hydrogen (secondary N) is 1. The van der Waals surface area contributed by atoms with Crippen molar-refractivity contribution in [3.05, 3.63) is 41.0 Å². The molecule has 0 aliphatic heterocycles. The molecule has 0 saturated heterocycles. The number of amides is 1. The maximum absolute atomic E-state index is 13.9. The van der Waals surface area contributed by atoms with Crippen molar-refractivity contribution in [3.8, 4) is 0 Å². The van der Waals surface area contributed by atoms with Crippen molar-refractivity contribution in [1.29, 1.82) is 0 Å². The van der Waals surface area contributed by atoms with Gasteiger partial charge in [0.2, 0.25) is 0 Å². The van der Waals surface area contributed by atoms with E-state index in [4.69, 9.17) is 5.11 Å². The summed E-state index contributed by atoms with van der Waals surface area (Å²) in [7, 11) is 0. The molecular weight excluding hydrogens is 275 g/mol. The fraction of sp³-hybridized carbons (Fsp3) is 0.400. The van der Waals surface area contributed by atoms with Crippen LogP contribution >= 0.6 is 0 Å². The number of carbonyl (C=O) groups is 2. The second-order valence-corrected chi connectivity index (χ2v) is 5.02. The molecular formula is C15H17FN2O3. The van der Waals surface area contributed by atoms with Gasteiger partial charge in [-0.3, -0.25) is 4.79 Å². The molecule has 0 aromatic carbocycles. The lowest BCUT2D eigenvalue weighted by Gasteiger charge is -2.14. The summed E-state index contributed by atoms with van der Waals surface area (Å²) in [5, 5.41) is 11.2. The molecule has 2 rings (SSSR count). The van der Waals surface area contributed by atoms with Crippen LogP contribution in [0.3, 0.4) is 0 Å². The molecule has 21 heavy (non-hydrogen) atoms. The molecule has 1 saturated carbocycles. The number of rotatable bonds is 4. The Hall–Kier alpha value is -2.24. The Bertz CT molecular complexity index is 559. The molecule has 1 aliphatic rings. The fourth-order valence-electron chi connectivity index (χ4n) is 2.27. The summed E-state index contributed by atoms with van der Waals surface area (Å²) in [6, 6.07) is 2.89. The zero-order valence-electron chi connectivity index (χ0n) is 11.6. The summed E-state index contributed by atoms with van der Waals surface area (Å²) in [6.07, 6.45) is 5.59. The van der Waals surface area contributed by atoms with E-state index in [-0.39, 0.29) is 12.2 Å². The first-order valence-electron chi connectivity index (χ1n) is 6.92. The molecule has 1 aromatic rings. The number of aromatic carboxylic acids is 1. The molecule has 0 unspecified atom stereocenters. The highest BCUT2D eigenvalue weighted by molar-refractivity contribution is 5.91. The van der Waals surface area contributed by atoms with Crippen LogP contribution in [-0.4, -0.2) is 22.0 Å². The number of carbonyl (C=O) groups excluding carboxylic acids is 1. The average Bonchev–Trinajstić information content (AvgIpc) is 2.53. The van der Waals surface area contributed by atoms with Crippen molar-refractivity contribution in [2.24, 2.45) is 0 Å². The number of pyridine rings is 1. The van der Waals surface area contributed by atoms with Gasteiger partial charge in [-0.25, -0.2) is 14.2 Å². The number of carboxylic acid groups (broad SMARTS) is 1. The Morgan fingerprint density at radius 3 is 2.52 bits per heavy atom. The van der Waals surface area contributed by atoms with Gasteiger partial charge in [0, 0.05) is 12.7 Å². The van der Waals surface area contributed by atoms with Crippen molar-refractivity contribution in [3.63, 3.8) is 0 Å². The fourth-order valence-corrected chi connectivity index (χ4v) is 2.27. The highest BCUT2D eigenvalue weighted by Crippen LogP contribution is 2.26. The van der Waals surface area contributed by atoms with Gasteiger partial charge in [0.15, 0.2) is 5.83 Å². The van der Waals surface area contributed by atoms with E-state index in [2.05, 4.69) is 10.3 Å². The third-order valence-electron chi connectivity index (χ3n) is 3.46. The molecule has 112 valence electrons. The topological polar surface area (TPSA) is 79.3 Å². The molecule has 2 N–H and O–H groups in total. The van der Waals surface area contributed by atoms with Crippen molar-refractivity contribution in [1.82, 2.24) is 10.3 Å². The zero-order valence-corrected chi connectivity index (χ0v) is 11.6. The van der Waals surface area contributed by atoms with Gasteiger partial charge in [0.05, 0.1) is 0 Å². The summed E-state index contributed by atoms with van der Waals surface area (Å²) in [4.78, 5) is 26.1. The Kier molecular flexibility index (Phi) is 5.03. The summed E-state index contributed by atoms with van der Waals surface area (Å²) >= 11 is 0. The lowest BCUT2D eigenvalue weighted by atomic mass is 9.94. The normalized spacial score (nSPS) is 14.6. The number of hydrogen-bond acceptors (Lipinski definition) is 3. The van der Waals surface area contributed by atoms with E-state index in [1.54, 1.807) is 6.07 Å². The van der Waals surface area contributed by atoms with Gasteiger partial charge in [-0.15, -0.1) is 0 Å². The SMILES string of the molecule is O=C(NCc1ccc(C(=O)O)nc1)C(F)=C1CCCCC1. The Labute approximate surface area is 121 Å². The minimum atomic E-state index is -1.11. The maximum Gasteiger partial charge on any atom is 0.354 e. The predicted octanol–water partition coefficient (Wildman–Crippen LogP) is 2.58. The summed E-state index contributed by atoms with van der Waals surface area (Å²) < 4.78 is 13.9. The van der Waals surface area contributed by atoms with Gasteiger partial charge >= 0.3 is 5.97 Å². The Morgan fingerprint density at radius 2 is 1.95 bits per heavy atom. The van der Waals surface area contributed by atoms with Crippen LogP contribution in [0, 0.1) is 0 Å². The molecule has 0 spiro atoms. The number of halogens is 1. The second-order valence-electron chi connectivity index (χ2n) is 5.02. The Morgan fingerprint density at radius 1 is 1.24 bits per heavy atom. The number of nitrogens with zero attached hydrogens (tertiary/aromatic N) is 1. The van der Waals surface area contributed by atoms with E-state index in [1.807, 2.05) is 0 Å². The minimum absolute atomic E-state index is 0.0689. The lowest BCUT2D eigenvalue weighted by molar-refractivity contribution is -0.119. The van der Waals surface area contributed by atoms with Gasteiger partial charge < -0.3 is 10.4 Å². The Balaban J connectivity index is 1.92. The molecule has 0 radical (unpaired) electrons. The standard InChI is InChI=1S/C15H17FN2O3/c16-13(11-4-2-1-3-5-11)14(19)18-9-10-6-7-12(15(20)21)17-8-10/h6-8H,1-5,9H2,(H,18,19)(H,20,21). The number of allylic oxidation sites excluding steroid dienone is 1. The van der Waals surface area contributed by atoms with Crippen LogP contribution in [0.2, 0.25) is 0 Å². The average molecular weight is 292 g/mol. The van der Waals surface area contributed by atoms with Crippen molar-refractivity contribution in [2.45, 2.75) is 38.6 Å². The predicted molar refractivity (Wildman–Crippen MR) is 74.3 cm³/mol. The van der Waals surface area contributed by atoms with Crippen molar-refractivity contribution >= 4 is 11.9 Å². The summed E-state index contributed by atoms with van der Waals surface area (Å²) in [5.41, 5.74) is 1.15. The first-order chi connectivity index (χ1) is 10.1. The van der Waals surface area contributed by atoms with Crippen molar-refractivity contribution in [2.75, 3.05) is 0 Å². The highest BCUT2D eigenvalue weighted by Gasteiger charge is 2.17. The smallest absolute Gasteiger partial charge is 0.354 e. The zero-order chi connectivity index (χ0) is 15.2. The van der Waals surface area contributed by atoms with E-state index in [0.29, 0.717) is 24.0 Å². The number of hydrogen-bond donors (Lipinski definition) is 2. The molecule has 1 aromatic heterocycles. The third kappa shape index (κ3) is 4.11. The van der Waals surface area contributed by atoms with Crippen LogP contribution in [0.5, 0.6) is 0 Å². The van der Waals surface area contributed by atoms with Crippen LogP contribution in [0.25, 0.3) is 0 Å². The first-order valence-corrected chi connectivity index (χ1v) is 6.92. The second kappa shape index (κ2) is 6.97. The van der Waals surface area contributed by atoms with E-state index < -0.39 is 17.7 Å². The summed E-state index contributed by atoms with van der Waals surface area (Å²) in [5.74, 6) is -2.50. The number of carboxylic acids is 1. The van der Waals surface area contributed by atoms with Crippen LogP contribution in [0.4, 0.5) is 4.39 Å². The minimum Gasteiger partial charge on any atom is -0.477 e. The molecule has 1 heterocycles. The quantitative estimate of drug-likeness (QED) is 0.836. The largest absolute Gasteiger partial charge is 0.477 e. The summed E-state index contributed by atoms with van der Waals surface area (Å²) in [6.45, 7) is 0.117. The van der Waals surface area contributed by atoms with E-state index in [1.165, 1.54) is 12.3 Å². The third-order valence-corrected chi connectivity index (χ3v) is 3.46. The van der Waals surface area contributed by atoms with E-state index in [9.17, 15) is 14.0 Å². The van der Waals surface area contributed by atoms with Crippen LogP contribution in [0.15, 0.2) is 29.7 Å². The highest BCUT2D eigenvalue weighted by atomic mass is 19.1. The van der Waals surface area contributed by atoms with Gasteiger partial charge in [-0.2, -0.15) is 0 Å². The molecule has 0 atom stereocenters. The lowest BCUT2D eigenvalue weighted by Crippen LogP contribution is -2.24. The number of aromatic nitrogens is 1. The molecule has 1 fully saturated rings. The molecule has 1 amide bonds. The molecule has 5 nitrogen and oxygen atoms in total. The van der Waals surface area contributed by atoms with Gasteiger partial charge in [-0.1, -0.05) is 12.5 Å². The van der Waals surface area contributed by atoms with Crippen molar-refractivity contribution < 1.29 is 19.1 Å². The van der Waals surface area contributed by atoms with Crippen LogP contribution in [-0.2, 0) is 11.3 Å². The monoisotopic (exact) mass is 292 g/mol.